The maximum absolute atomic E-state index is 12.6. The molecule has 1 fully saturated rings. The Kier molecular flexibility index (Phi) is 4.30. The van der Waals surface area contributed by atoms with E-state index in [9.17, 15) is 4.79 Å². The largest absolute Gasteiger partial charge is 0.337 e. The Morgan fingerprint density at radius 3 is 2.54 bits per heavy atom. The first kappa shape index (κ1) is 15.7. The van der Waals surface area contributed by atoms with Gasteiger partial charge in [0.2, 0.25) is 0 Å². The molecule has 0 unspecified atom stereocenters. The van der Waals surface area contributed by atoms with Crippen molar-refractivity contribution in [3.8, 4) is 0 Å². The van der Waals surface area contributed by atoms with E-state index in [1.165, 1.54) is 11.1 Å². The first-order chi connectivity index (χ1) is 11.7. The summed E-state index contributed by atoms with van der Waals surface area (Å²) in [4.78, 5) is 17.2. The molecule has 0 bridgehead atoms. The van der Waals surface area contributed by atoms with E-state index in [0.29, 0.717) is 11.1 Å². The molecule has 1 saturated heterocycles. The van der Waals surface area contributed by atoms with Crippen LogP contribution in [0, 0.1) is 0 Å². The minimum Gasteiger partial charge on any atom is -0.337 e. The van der Waals surface area contributed by atoms with Crippen molar-refractivity contribution in [3.05, 3.63) is 70.2 Å². The van der Waals surface area contributed by atoms with E-state index >= 15 is 0 Å². The monoisotopic (exact) mass is 340 g/mol. The van der Waals surface area contributed by atoms with Gasteiger partial charge in [-0.25, -0.2) is 0 Å². The summed E-state index contributed by atoms with van der Waals surface area (Å²) in [6, 6.07) is 16.4. The molecule has 2 heterocycles. The van der Waals surface area contributed by atoms with Crippen LogP contribution in [0.2, 0.25) is 5.02 Å². The topological polar surface area (TPSA) is 23.6 Å². The summed E-state index contributed by atoms with van der Waals surface area (Å²) in [6.07, 6.45) is 2.17. The Hall–Kier alpha value is -1.84. The normalized spacial score (nSPS) is 20.9. The maximum atomic E-state index is 12.6. The fourth-order valence-corrected chi connectivity index (χ4v) is 3.95. The van der Waals surface area contributed by atoms with Crippen molar-refractivity contribution in [3.63, 3.8) is 0 Å². The fraction of sp³-hybridized carbons (Fsp3) is 0.350. The third-order valence-corrected chi connectivity index (χ3v) is 5.47. The van der Waals surface area contributed by atoms with Gasteiger partial charge in [-0.2, -0.15) is 0 Å². The molecule has 0 aliphatic carbocycles. The summed E-state index contributed by atoms with van der Waals surface area (Å²) < 4.78 is 0. The van der Waals surface area contributed by atoms with Crippen LogP contribution in [0.15, 0.2) is 48.5 Å². The van der Waals surface area contributed by atoms with Gasteiger partial charge in [-0.15, -0.1) is 0 Å². The molecule has 124 valence electrons. The number of benzene rings is 2. The lowest BCUT2D eigenvalue weighted by molar-refractivity contribution is 0.0773. The molecule has 1 amide bonds. The van der Waals surface area contributed by atoms with Crippen LogP contribution in [0.3, 0.4) is 0 Å². The third-order valence-electron chi connectivity index (χ3n) is 5.22. The molecule has 24 heavy (non-hydrogen) atoms. The highest BCUT2D eigenvalue weighted by Gasteiger charge is 2.32. The van der Waals surface area contributed by atoms with Crippen LogP contribution in [0.4, 0.5) is 0 Å². The number of nitrogens with zero attached hydrogens (tertiary/aromatic N) is 2. The number of halogens is 1. The Morgan fingerprint density at radius 1 is 1.00 bits per heavy atom. The van der Waals surface area contributed by atoms with Crippen LogP contribution >= 0.6 is 11.6 Å². The Bertz CT molecular complexity index is 744. The van der Waals surface area contributed by atoms with Crippen LogP contribution < -0.4 is 0 Å². The van der Waals surface area contributed by atoms with Gasteiger partial charge in [-0.05, 0) is 48.2 Å². The Morgan fingerprint density at radius 2 is 1.75 bits per heavy atom. The highest BCUT2D eigenvalue weighted by atomic mass is 35.5. The number of carbonyl (C=O) groups excluding carboxylic acids is 1. The summed E-state index contributed by atoms with van der Waals surface area (Å²) in [7, 11) is 0. The number of hydrogen-bond donors (Lipinski definition) is 0. The lowest BCUT2D eigenvalue weighted by atomic mass is 9.98. The van der Waals surface area contributed by atoms with Crippen molar-refractivity contribution in [1.29, 1.82) is 0 Å². The first-order valence-corrected chi connectivity index (χ1v) is 8.94. The van der Waals surface area contributed by atoms with Crippen LogP contribution in [-0.2, 0) is 13.0 Å². The second-order valence-corrected chi connectivity index (χ2v) is 7.13. The average molecular weight is 341 g/mol. The number of fused-ring (bicyclic) bond motifs is 1. The summed E-state index contributed by atoms with van der Waals surface area (Å²) in [5, 5.41) is 0.665. The van der Waals surface area contributed by atoms with E-state index in [2.05, 4.69) is 29.2 Å². The molecular weight excluding hydrogens is 320 g/mol. The first-order valence-electron chi connectivity index (χ1n) is 8.56. The number of hydrogen-bond acceptors (Lipinski definition) is 2. The molecule has 2 aromatic rings. The van der Waals surface area contributed by atoms with Gasteiger partial charge in [0.25, 0.3) is 5.91 Å². The van der Waals surface area contributed by atoms with Crippen LogP contribution in [0.5, 0.6) is 0 Å². The van der Waals surface area contributed by atoms with Gasteiger partial charge >= 0.3 is 0 Å². The molecule has 0 radical (unpaired) electrons. The predicted octanol–water partition coefficient (Wildman–Crippen LogP) is 3.61. The van der Waals surface area contributed by atoms with E-state index in [1.54, 1.807) is 12.1 Å². The van der Waals surface area contributed by atoms with Crippen molar-refractivity contribution >= 4 is 17.5 Å². The molecule has 1 atom stereocenters. The predicted molar refractivity (Wildman–Crippen MR) is 96.3 cm³/mol. The van der Waals surface area contributed by atoms with Crippen LogP contribution in [0.25, 0.3) is 0 Å². The number of likely N-dealkylation sites (tertiary alicyclic amines) is 1. The smallest absolute Gasteiger partial charge is 0.253 e. The standard InChI is InChI=1S/C20H21ClN2O/c21-18-7-5-16(6-8-18)20(24)23-12-10-19(14-23)22-11-9-15-3-1-2-4-17(15)13-22/h1-8,19H,9-14H2/t19-/m0/s1. The third kappa shape index (κ3) is 3.06. The van der Waals surface area contributed by atoms with Gasteiger partial charge in [-0.3, -0.25) is 9.69 Å². The van der Waals surface area contributed by atoms with Gasteiger partial charge < -0.3 is 4.90 Å². The SMILES string of the molecule is O=C(c1ccc(Cl)cc1)N1CC[C@H](N2CCc3ccccc3C2)C1. The van der Waals surface area contributed by atoms with Gasteiger partial charge in [0, 0.05) is 42.8 Å². The zero-order chi connectivity index (χ0) is 16.5. The van der Waals surface area contributed by atoms with Gasteiger partial charge in [0.1, 0.15) is 0 Å². The highest BCUT2D eigenvalue weighted by molar-refractivity contribution is 6.30. The summed E-state index contributed by atoms with van der Waals surface area (Å²) in [5.41, 5.74) is 3.64. The quantitative estimate of drug-likeness (QED) is 0.833. The molecule has 0 saturated carbocycles. The zero-order valence-corrected chi connectivity index (χ0v) is 14.4. The Balaban J connectivity index is 1.42. The van der Waals surface area contributed by atoms with Gasteiger partial charge in [0.05, 0.1) is 0 Å². The second-order valence-electron chi connectivity index (χ2n) is 6.69. The molecule has 0 N–H and O–H groups in total. The van der Waals surface area contributed by atoms with Gasteiger partial charge in [0.15, 0.2) is 0 Å². The molecule has 4 heteroatoms. The zero-order valence-electron chi connectivity index (χ0n) is 13.6. The molecule has 2 aliphatic heterocycles. The van der Waals surface area contributed by atoms with E-state index in [0.717, 1.165) is 44.6 Å². The summed E-state index contributed by atoms with van der Waals surface area (Å²) >= 11 is 5.91. The van der Waals surface area contributed by atoms with Crippen molar-refractivity contribution in [1.82, 2.24) is 9.80 Å². The molecule has 3 nitrogen and oxygen atoms in total. The van der Waals surface area contributed by atoms with Crippen molar-refractivity contribution in [2.75, 3.05) is 19.6 Å². The van der Waals surface area contributed by atoms with Gasteiger partial charge in [-0.1, -0.05) is 35.9 Å². The minimum absolute atomic E-state index is 0.117. The number of carbonyl (C=O) groups is 1. The van der Waals surface area contributed by atoms with E-state index in [4.69, 9.17) is 11.6 Å². The fourth-order valence-electron chi connectivity index (χ4n) is 3.83. The van der Waals surface area contributed by atoms with E-state index < -0.39 is 0 Å². The van der Waals surface area contributed by atoms with Crippen molar-refractivity contribution in [2.24, 2.45) is 0 Å². The summed E-state index contributed by atoms with van der Waals surface area (Å²) in [6.45, 7) is 3.75. The highest BCUT2D eigenvalue weighted by Crippen LogP contribution is 2.25. The lowest BCUT2D eigenvalue weighted by Crippen LogP contribution is -2.41. The van der Waals surface area contributed by atoms with Crippen molar-refractivity contribution < 1.29 is 4.79 Å². The van der Waals surface area contributed by atoms with E-state index in [1.807, 2.05) is 17.0 Å². The molecule has 2 aliphatic rings. The second kappa shape index (κ2) is 6.58. The molecular formula is C20H21ClN2O. The molecule has 4 rings (SSSR count). The van der Waals surface area contributed by atoms with Crippen LogP contribution in [0.1, 0.15) is 27.9 Å². The maximum Gasteiger partial charge on any atom is 0.253 e. The lowest BCUT2D eigenvalue weighted by Gasteiger charge is -2.33. The van der Waals surface area contributed by atoms with Crippen molar-refractivity contribution in [2.45, 2.75) is 25.4 Å². The van der Waals surface area contributed by atoms with E-state index in [-0.39, 0.29) is 5.91 Å². The minimum atomic E-state index is 0.117. The number of rotatable bonds is 2. The summed E-state index contributed by atoms with van der Waals surface area (Å²) in [5.74, 6) is 0.117. The molecule has 0 aromatic heterocycles. The Labute approximate surface area is 147 Å². The number of amides is 1. The molecule has 2 aromatic carbocycles. The average Bonchev–Trinajstić information content (AvgIpc) is 3.11. The van der Waals surface area contributed by atoms with Crippen LogP contribution in [-0.4, -0.2) is 41.4 Å². The molecule has 0 spiro atoms.